The topological polar surface area (TPSA) is 44.8 Å². The minimum atomic E-state index is -0.927. The molecule has 1 aliphatic heterocycles. The van der Waals surface area contributed by atoms with Crippen molar-refractivity contribution in [1.82, 2.24) is 0 Å². The SMILES string of the molecule is COc1ccc(C2(c3ccc(OC)cc3)OC(C)=C(C(C)=O)C2=C2C(C)(C)C2(C)C)cc1. The molecule has 2 aromatic carbocycles. The normalized spacial score (nSPS) is 20.1. The standard InChI is InChI=1S/C28H32O4/c1-17(29)23-18(2)32-28(19-9-13-21(30-7)14-10-19,20-11-15-22(31-8)16-12-20)24(23)25-26(3,4)27(25,5)6/h9-16H,1-8H3. The van der Waals surface area contributed by atoms with Crippen LogP contribution in [0.15, 0.2) is 71.0 Å². The van der Waals surface area contributed by atoms with Crippen molar-refractivity contribution < 1.29 is 19.0 Å². The van der Waals surface area contributed by atoms with Crippen LogP contribution in [0.1, 0.15) is 52.7 Å². The van der Waals surface area contributed by atoms with Gasteiger partial charge < -0.3 is 14.2 Å². The van der Waals surface area contributed by atoms with Gasteiger partial charge in [-0.25, -0.2) is 0 Å². The van der Waals surface area contributed by atoms with Crippen molar-refractivity contribution in [2.75, 3.05) is 14.2 Å². The number of ketones is 1. The van der Waals surface area contributed by atoms with Crippen molar-refractivity contribution in [3.05, 3.63) is 82.1 Å². The van der Waals surface area contributed by atoms with E-state index in [1.165, 1.54) is 5.57 Å². The number of rotatable bonds is 5. The third kappa shape index (κ3) is 2.92. The average Bonchev–Trinajstić information content (AvgIpc) is 3.01. The van der Waals surface area contributed by atoms with Gasteiger partial charge in [-0.3, -0.25) is 4.79 Å². The fourth-order valence-corrected chi connectivity index (χ4v) is 5.29. The van der Waals surface area contributed by atoms with Crippen LogP contribution in [0, 0.1) is 10.8 Å². The molecular weight excluding hydrogens is 400 g/mol. The van der Waals surface area contributed by atoms with E-state index >= 15 is 0 Å². The molecule has 0 spiro atoms. The summed E-state index contributed by atoms with van der Waals surface area (Å²) in [6.45, 7) is 12.5. The van der Waals surface area contributed by atoms with Crippen LogP contribution in [-0.4, -0.2) is 20.0 Å². The number of ether oxygens (including phenoxy) is 3. The van der Waals surface area contributed by atoms with Crippen LogP contribution in [0.3, 0.4) is 0 Å². The minimum Gasteiger partial charge on any atom is -0.497 e. The fraction of sp³-hybridized carbons (Fsp3) is 0.393. The van der Waals surface area contributed by atoms with E-state index in [4.69, 9.17) is 14.2 Å². The van der Waals surface area contributed by atoms with Gasteiger partial charge in [-0.15, -0.1) is 0 Å². The molecule has 168 valence electrons. The van der Waals surface area contributed by atoms with Crippen LogP contribution < -0.4 is 9.47 Å². The molecule has 1 saturated carbocycles. The Balaban J connectivity index is 2.09. The summed E-state index contributed by atoms with van der Waals surface area (Å²) in [6, 6.07) is 15.9. The Morgan fingerprint density at radius 1 is 0.781 bits per heavy atom. The van der Waals surface area contributed by atoms with Crippen molar-refractivity contribution in [3.63, 3.8) is 0 Å². The molecule has 2 aromatic rings. The number of benzene rings is 2. The summed E-state index contributed by atoms with van der Waals surface area (Å²) in [6.07, 6.45) is 0. The molecule has 4 rings (SSSR count). The Hall–Kier alpha value is -3.01. The first-order valence-electron chi connectivity index (χ1n) is 11.0. The maximum atomic E-state index is 13.0. The largest absolute Gasteiger partial charge is 0.497 e. The molecule has 0 saturated heterocycles. The van der Waals surface area contributed by atoms with E-state index in [9.17, 15) is 4.79 Å². The molecule has 0 aromatic heterocycles. The molecule has 0 radical (unpaired) electrons. The second kappa shape index (κ2) is 7.26. The number of allylic oxidation sites excluding steroid dienone is 2. The first kappa shape index (κ1) is 22.2. The van der Waals surface area contributed by atoms with Crippen LogP contribution in [0.5, 0.6) is 11.5 Å². The lowest BCUT2D eigenvalue weighted by Gasteiger charge is -2.33. The molecular formula is C28H32O4. The van der Waals surface area contributed by atoms with Crippen LogP contribution in [-0.2, 0) is 15.1 Å². The maximum absolute atomic E-state index is 13.0. The quantitative estimate of drug-likeness (QED) is 0.564. The predicted molar refractivity (Wildman–Crippen MR) is 126 cm³/mol. The number of carbonyl (C=O) groups excluding carboxylic acids is 1. The fourth-order valence-electron chi connectivity index (χ4n) is 5.29. The summed E-state index contributed by atoms with van der Waals surface area (Å²) in [5, 5.41) is 0. The summed E-state index contributed by atoms with van der Waals surface area (Å²) in [4.78, 5) is 13.0. The Labute approximate surface area is 190 Å². The third-order valence-electron chi connectivity index (χ3n) is 7.61. The lowest BCUT2D eigenvalue weighted by atomic mass is 9.76. The van der Waals surface area contributed by atoms with Gasteiger partial charge in [0.1, 0.15) is 17.3 Å². The van der Waals surface area contributed by atoms with Crippen molar-refractivity contribution in [1.29, 1.82) is 0 Å². The number of hydrogen-bond donors (Lipinski definition) is 0. The highest BCUT2D eigenvalue weighted by Gasteiger charge is 2.65. The molecule has 4 nitrogen and oxygen atoms in total. The van der Waals surface area contributed by atoms with Crippen molar-refractivity contribution in [2.24, 2.45) is 10.8 Å². The Morgan fingerprint density at radius 2 is 1.19 bits per heavy atom. The van der Waals surface area contributed by atoms with E-state index in [0.717, 1.165) is 28.2 Å². The summed E-state index contributed by atoms with van der Waals surface area (Å²) in [5.74, 6) is 2.22. The predicted octanol–water partition coefficient (Wildman–Crippen LogP) is 6.20. The molecule has 0 atom stereocenters. The molecule has 0 amide bonds. The van der Waals surface area contributed by atoms with Gasteiger partial charge >= 0.3 is 0 Å². The lowest BCUT2D eigenvalue weighted by molar-refractivity contribution is -0.113. The molecule has 2 aliphatic rings. The van der Waals surface area contributed by atoms with Gasteiger partial charge in [-0.2, -0.15) is 0 Å². The molecule has 1 heterocycles. The minimum absolute atomic E-state index is 0.0207. The first-order valence-corrected chi connectivity index (χ1v) is 11.0. The van der Waals surface area contributed by atoms with Crippen molar-refractivity contribution >= 4 is 5.78 Å². The first-order chi connectivity index (χ1) is 15.0. The van der Waals surface area contributed by atoms with Gasteiger partial charge in [0.05, 0.1) is 19.8 Å². The molecule has 1 fully saturated rings. The Kier molecular flexibility index (Phi) is 5.04. The maximum Gasteiger partial charge on any atom is 0.184 e. The molecule has 0 unspecified atom stereocenters. The number of methoxy groups -OCH3 is 2. The summed E-state index contributed by atoms with van der Waals surface area (Å²) in [7, 11) is 3.31. The Bertz CT molecular complexity index is 1070. The zero-order valence-electron chi connectivity index (χ0n) is 20.3. The van der Waals surface area contributed by atoms with Gasteiger partial charge in [0.2, 0.25) is 0 Å². The van der Waals surface area contributed by atoms with Crippen molar-refractivity contribution in [2.45, 2.75) is 47.1 Å². The van der Waals surface area contributed by atoms with E-state index in [-0.39, 0.29) is 16.6 Å². The molecule has 1 aliphatic carbocycles. The van der Waals surface area contributed by atoms with Crippen LogP contribution in [0.4, 0.5) is 0 Å². The third-order valence-corrected chi connectivity index (χ3v) is 7.61. The van der Waals surface area contributed by atoms with E-state index in [1.807, 2.05) is 55.5 Å². The highest BCUT2D eigenvalue weighted by atomic mass is 16.5. The van der Waals surface area contributed by atoms with Crippen LogP contribution >= 0.6 is 0 Å². The van der Waals surface area contributed by atoms with E-state index in [0.29, 0.717) is 11.3 Å². The van der Waals surface area contributed by atoms with Crippen molar-refractivity contribution in [3.8, 4) is 11.5 Å². The number of Topliss-reactive ketones (excluding diaryl/α,β-unsaturated/α-hetero) is 1. The smallest absolute Gasteiger partial charge is 0.184 e. The van der Waals surface area contributed by atoms with Gasteiger partial charge in [0.25, 0.3) is 0 Å². The Morgan fingerprint density at radius 3 is 1.50 bits per heavy atom. The molecule has 0 N–H and O–H groups in total. The molecule has 4 heteroatoms. The van der Waals surface area contributed by atoms with E-state index in [2.05, 4.69) is 27.7 Å². The number of carbonyl (C=O) groups is 1. The highest BCUT2D eigenvalue weighted by Crippen LogP contribution is 2.73. The molecule has 32 heavy (non-hydrogen) atoms. The molecule has 0 bridgehead atoms. The van der Waals surface area contributed by atoms with Gasteiger partial charge in [-0.1, -0.05) is 52.0 Å². The highest BCUT2D eigenvalue weighted by molar-refractivity contribution is 6.01. The average molecular weight is 433 g/mol. The summed E-state index contributed by atoms with van der Waals surface area (Å²) >= 11 is 0. The van der Waals surface area contributed by atoms with Gasteiger partial charge in [-0.05, 0) is 54.5 Å². The number of hydrogen-bond acceptors (Lipinski definition) is 4. The van der Waals surface area contributed by atoms with Gasteiger partial charge in [0.15, 0.2) is 11.4 Å². The summed E-state index contributed by atoms with van der Waals surface area (Å²) in [5.41, 5.74) is 3.81. The summed E-state index contributed by atoms with van der Waals surface area (Å²) < 4.78 is 17.6. The van der Waals surface area contributed by atoms with Crippen LogP contribution in [0.25, 0.3) is 0 Å². The second-order valence-electron chi connectivity index (χ2n) is 9.73. The van der Waals surface area contributed by atoms with Gasteiger partial charge in [0, 0.05) is 16.7 Å². The monoisotopic (exact) mass is 432 g/mol. The van der Waals surface area contributed by atoms with Crippen LogP contribution in [0.2, 0.25) is 0 Å². The zero-order chi connectivity index (χ0) is 23.5. The second-order valence-corrected chi connectivity index (χ2v) is 9.73. The van der Waals surface area contributed by atoms with E-state index < -0.39 is 5.60 Å². The zero-order valence-corrected chi connectivity index (χ0v) is 20.3. The van der Waals surface area contributed by atoms with E-state index in [1.54, 1.807) is 21.1 Å². The lowest BCUT2D eigenvalue weighted by Crippen LogP contribution is -2.31.